The van der Waals surface area contributed by atoms with Gasteiger partial charge >= 0.3 is 0 Å². The van der Waals surface area contributed by atoms with Gasteiger partial charge < -0.3 is 15.0 Å². The first kappa shape index (κ1) is 15.8. The third-order valence-electron chi connectivity index (χ3n) is 3.51. The Hall–Kier alpha value is -1.22. The van der Waals surface area contributed by atoms with Crippen molar-refractivity contribution in [2.24, 2.45) is 11.8 Å². The minimum absolute atomic E-state index is 0.654. The number of anilines is 1. The van der Waals surface area contributed by atoms with Crippen LogP contribution < -0.4 is 15.0 Å². The molecule has 0 aliphatic carbocycles. The van der Waals surface area contributed by atoms with E-state index < -0.39 is 0 Å². The van der Waals surface area contributed by atoms with Crippen molar-refractivity contribution in [2.45, 2.75) is 20.8 Å². The topological polar surface area (TPSA) is 24.5 Å². The van der Waals surface area contributed by atoms with Crippen LogP contribution in [-0.2, 0) is 0 Å². The largest absolute Gasteiger partial charge is 0.494 e. The number of hydrogen-bond acceptors (Lipinski definition) is 3. The van der Waals surface area contributed by atoms with Gasteiger partial charge in [0.2, 0.25) is 0 Å². The van der Waals surface area contributed by atoms with Crippen LogP contribution in [-0.4, -0.2) is 33.8 Å². The zero-order valence-electron chi connectivity index (χ0n) is 12.9. The Kier molecular flexibility index (Phi) is 6.71. The predicted octanol–water partition coefficient (Wildman–Crippen LogP) is 3.01. The summed E-state index contributed by atoms with van der Waals surface area (Å²) < 4.78 is 5.47. The van der Waals surface area contributed by atoms with E-state index >= 15 is 0 Å². The highest BCUT2D eigenvalue weighted by Gasteiger charge is 2.15. The monoisotopic (exact) mass is 264 g/mol. The summed E-state index contributed by atoms with van der Waals surface area (Å²) in [5.41, 5.74) is 1.24. The highest BCUT2D eigenvalue weighted by atomic mass is 16.5. The van der Waals surface area contributed by atoms with Crippen LogP contribution >= 0.6 is 0 Å². The molecule has 0 aliphatic heterocycles. The van der Waals surface area contributed by atoms with Crippen LogP contribution in [0.5, 0.6) is 5.75 Å². The van der Waals surface area contributed by atoms with Crippen LogP contribution in [0.25, 0.3) is 0 Å². The minimum atomic E-state index is 0.654. The summed E-state index contributed by atoms with van der Waals surface area (Å²) >= 11 is 0. The average molecular weight is 264 g/mol. The molecule has 0 aromatic heterocycles. The molecule has 0 fully saturated rings. The molecule has 1 rings (SSSR count). The third-order valence-corrected chi connectivity index (χ3v) is 3.51. The molecule has 1 aromatic carbocycles. The fraction of sp³-hybridized carbons (Fsp3) is 0.625. The lowest BCUT2D eigenvalue weighted by atomic mass is 9.95. The van der Waals surface area contributed by atoms with Gasteiger partial charge in [-0.1, -0.05) is 13.8 Å². The first-order valence-electron chi connectivity index (χ1n) is 7.17. The molecule has 1 atom stereocenters. The van der Waals surface area contributed by atoms with Gasteiger partial charge in [0, 0.05) is 19.3 Å². The lowest BCUT2D eigenvalue weighted by molar-refractivity contribution is 0.340. The molecule has 3 heteroatoms. The maximum atomic E-state index is 5.47. The van der Waals surface area contributed by atoms with E-state index in [0.29, 0.717) is 18.4 Å². The highest BCUT2D eigenvalue weighted by Crippen LogP contribution is 2.21. The molecule has 108 valence electrons. The number of nitrogens with zero attached hydrogens (tertiary/aromatic N) is 1. The van der Waals surface area contributed by atoms with Crippen molar-refractivity contribution in [3.63, 3.8) is 0 Å². The van der Waals surface area contributed by atoms with Crippen LogP contribution in [0, 0.1) is 11.8 Å². The van der Waals surface area contributed by atoms with Crippen molar-refractivity contribution in [3.05, 3.63) is 24.3 Å². The van der Waals surface area contributed by atoms with Crippen molar-refractivity contribution in [2.75, 3.05) is 38.7 Å². The third kappa shape index (κ3) is 5.11. The maximum absolute atomic E-state index is 5.47. The summed E-state index contributed by atoms with van der Waals surface area (Å²) in [6.45, 7) is 9.41. The van der Waals surface area contributed by atoms with E-state index in [1.165, 1.54) is 5.69 Å². The molecule has 0 saturated carbocycles. The molecule has 0 radical (unpaired) electrons. The van der Waals surface area contributed by atoms with Crippen LogP contribution in [0.3, 0.4) is 0 Å². The number of hydrogen-bond donors (Lipinski definition) is 1. The second-order valence-electron chi connectivity index (χ2n) is 5.37. The summed E-state index contributed by atoms with van der Waals surface area (Å²) in [7, 11) is 4.17. The molecular formula is C16H28N2O. The Balaban J connectivity index is 2.63. The van der Waals surface area contributed by atoms with Crippen molar-refractivity contribution in [1.29, 1.82) is 0 Å². The number of ether oxygens (including phenoxy) is 1. The number of rotatable bonds is 8. The van der Waals surface area contributed by atoms with Crippen molar-refractivity contribution >= 4 is 5.69 Å². The zero-order valence-corrected chi connectivity index (χ0v) is 12.9. The fourth-order valence-electron chi connectivity index (χ4n) is 2.19. The first-order chi connectivity index (χ1) is 9.08. The standard InChI is InChI=1S/C16H28N2O/c1-6-19-16-9-7-15(8-10-16)18(5)12-14(11-17-4)13(2)3/h7-10,13-14,17H,6,11-12H2,1-5H3. The highest BCUT2D eigenvalue weighted by molar-refractivity contribution is 5.48. The lowest BCUT2D eigenvalue weighted by Gasteiger charge is -2.28. The van der Waals surface area contributed by atoms with Crippen LogP contribution in [0.1, 0.15) is 20.8 Å². The molecule has 0 saturated heterocycles. The van der Waals surface area contributed by atoms with Gasteiger partial charge in [0.15, 0.2) is 0 Å². The van der Waals surface area contributed by atoms with E-state index in [2.05, 4.69) is 43.2 Å². The summed E-state index contributed by atoms with van der Waals surface area (Å²) in [5, 5.41) is 3.29. The predicted molar refractivity (Wildman–Crippen MR) is 83.1 cm³/mol. The molecule has 0 aliphatic rings. The number of benzene rings is 1. The lowest BCUT2D eigenvalue weighted by Crippen LogP contribution is -2.34. The summed E-state index contributed by atoms with van der Waals surface area (Å²) in [6, 6.07) is 8.33. The van der Waals surface area contributed by atoms with Crippen LogP contribution in [0.15, 0.2) is 24.3 Å². The summed E-state index contributed by atoms with van der Waals surface area (Å²) in [5.74, 6) is 2.27. The van der Waals surface area contributed by atoms with Gasteiger partial charge in [0.25, 0.3) is 0 Å². The molecule has 3 nitrogen and oxygen atoms in total. The van der Waals surface area contributed by atoms with Gasteiger partial charge in [0.1, 0.15) is 5.75 Å². The van der Waals surface area contributed by atoms with Gasteiger partial charge in [-0.2, -0.15) is 0 Å². The normalized spacial score (nSPS) is 12.5. The minimum Gasteiger partial charge on any atom is -0.494 e. The Morgan fingerprint density at radius 3 is 2.32 bits per heavy atom. The van der Waals surface area contributed by atoms with Gasteiger partial charge in [-0.25, -0.2) is 0 Å². The van der Waals surface area contributed by atoms with Gasteiger partial charge in [-0.05, 0) is 56.6 Å². The van der Waals surface area contributed by atoms with Gasteiger partial charge in [0.05, 0.1) is 6.61 Å². The summed E-state index contributed by atoms with van der Waals surface area (Å²) in [4.78, 5) is 2.32. The molecule has 1 N–H and O–H groups in total. The van der Waals surface area contributed by atoms with Crippen LogP contribution in [0.4, 0.5) is 5.69 Å². The van der Waals surface area contributed by atoms with Gasteiger partial charge in [-0.3, -0.25) is 0 Å². The Morgan fingerprint density at radius 2 is 1.84 bits per heavy atom. The van der Waals surface area contributed by atoms with E-state index in [1.54, 1.807) is 0 Å². The first-order valence-corrected chi connectivity index (χ1v) is 7.17. The Bertz CT molecular complexity index is 348. The second kappa shape index (κ2) is 8.05. The molecule has 0 heterocycles. The van der Waals surface area contributed by atoms with Crippen molar-refractivity contribution in [1.82, 2.24) is 5.32 Å². The van der Waals surface area contributed by atoms with E-state index in [1.807, 2.05) is 26.1 Å². The maximum Gasteiger partial charge on any atom is 0.119 e. The number of nitrogens with one attached hydrogen (secondary N) is 1. The van der Waals surface area contributed by atoms with Crippen molar-refractivity contribution < 1.29 is 4.74 Å². The molecule has 1 unspecified atom stereocenters. The van der Waals surface area contributed by atoms with E-state index in [-0.39, 0.29) is 0 Å². The smallest absolute Gasteiger partial charge is 0.119 e. The molecule has 0 bridgehead atoms. The van der Waals surface area contributed by atoms with Crippen LogP contribution in [0.2, 0.25) is 0 Å². The quantitative estimate of drug-likeness (QED) is 0.781. The zero-order chi connectivity index (χ0) is 14.3. The fourth-order valence-corrected chi connectivity index (χ4v) is 2.19. The van der Waals surface area contributed by atoms with E-state index in [4.69, 9.17) is 4.74 Å². The molecule has 19 heavy (non-hydrogen) atoms. The second-order valence-corrected chi connectivity index (χ2v) is 5.37. The Labute approximate surface area is 118 Å². The molecule has 0 amide bonds. The molecular weight excluding hydrogens is 236 g/mol. The van der Waals surface area contributed by atoms with E-state index in [0.717, 1.165) is 18.8 Å². The molecule has 1 aromatic rings. The van der Waals surface area contributed by atoms with Crippen molar-refractivity contribution in [3.8, 4) is 5.75 Å². The van der Waals surface area contributed by atoms with Gasteiger partial charge in [-0.15, -0.1) is 0 Å². The van der Waals surface area contributed by atoms with E-state index in [9.17, 15) is 0 Å². The Morgan fingerprint density at radius 1 is 1.21 bits per heavy atom. The SMILES string of the molecule is CCOc1ccc(N(C)CC(CNC)C(C)C)cc1. The average Bonchev–Trinajstić information content (AvgIpc) is 2.39. The molecule has 0 spiro atoms. The summed E-state index contributed by atoms with van der Waals surface area (Å²) in [6.07, 6.45) is 0.